The quantitative estimate of drug-likeness (QED) is 0.818. The van der Waals surface area contributed by atoms with E-state index in [-0.39, 0.29) is 18.2 Å². The molecule has 0 unspecified atom stereocenters. The highest BCUT2D eigenvalue weighted by atomic mass is 16.2. The van der Waals surface area contributed by atoms with Crippen LogP contribution >= 0.6 is 0 Å². The number of fused-ring (bicyclic) bond motifs is 1. The lowest BCUT2D eigenvalue weighted by atomic mass is 10.1. The van der Waals surface area contributed by atoms with Gasteiger partial charge in [0.1, 0.15) is 6.04 Å². The lowest BCUT2D eigenvalue weighted by Gasteiger charge is -2.15. The van der Waals surface area contributed by atoms with E-state index in [0.29, 0.717) is 6.54 Å². The van der Waals surface area contributed by atoms with Gasteiger partial charge >= 0.3 is 6.03 Å². The molecule has 8 heteroatoms. The molecule has 120 valence electrons. The average molecular weight is 315 g/mol. The fourth-order valence-electron chi connectivity index (χ4n) is 2.64. The summed E-state index contributed by atoms with van der Waals surface area (Å²) in [6.45, 7) is 0.320. The molecule has 23 heavy (non-hydrogen) atoms. The van der Waals surface area contributed by atoms with Gasteiger partial charge in [-0.2, -0.15) is 5.10 Å². The second-order valence-corrected chi connectivity index (χ2v) is 5.49. The molecule has 0 radical (unpaired) electrons. The van der Waals surface area contributed by atoms with Gasteiger partial charge in [0.25, 0.3) is 5.91 Å². The molecule has 1 N–H and O–H groups in total. The summed E-state index contributed by atoms with van der Waals surface area (Å²) in [4.78, 5) is 38.0. The van der Waals surface area contributed by atoms with Crippen LogP contribution in [0, 0.1) is 0 Å². The van der Waals surface area contributed by atoms with Gasteiger partial charge in [-0.3, -0.25) is 14.5 Å². The van der Waals surface area contributed by atoms with Gasteiger partial charge in [-0.15, -0.1) is 0 Å². The number of carbonyl (C=O) groups excluding carboxylic acids is 3. The van der Waals surface area contributed by atoms with Crippen LogP contribution < -0.4 is 5.32 Å². The van der Waals surface area contributed by atoms with Crippen LogP contribution in [0.1, 0.15) is 12.0 Å². The minimum absolute atomic E-state index is 0.0510. The highest BCUT2D eigenvalue weighted by Gasteiger charge is 2.41. The van der Waals surface area contributed by atoms with Crippen LogP contribution in [-0.4, -0.2) is 57.4 Å². The zero-order valence-electron chi connectivity index (χ0n) is 12.9. The van der Waals surface area contributed by atoms with Crippen LogP contribution in [0.5, 0.6) is 0 Å². The summed E-state index contributed by atoms with van der Waals surface area (Å²) >= 11 is 0. The number of aromatic nitrogens is 2. The van der Waals surface area contributed by atoms with E-state index in [9.17, 15) is 14.4 Å². The van der Waals surface area contributed by atoms with Crippen molar-refractivity contribution in [1.82, 2.24) is 24.7 Å². The van der Waals surface area contributed by atoms with E-state index < -0.39 is 12.1 Å². The molecule has 0 saturated carbocycles. The lowest BCUT2D eigenvalue weighted by molar-refractivity contribution is -0.131. The number of carbonyl (C=O) groups is 3. The first-order valence-corrected chi connectivity index (χ1v) is 7.21. The molecule has 0 aliphatic carbocycles. The van der Waals surface area contributed by atoms with E-state index in [1.54, 1.807) is 10.7 Å². The first kappa shape index (κ1) is 15.0. The Kier molecular flexibility index (Phi) is 3.73. The monoisotopic (exact) mass is 315 g/mol. The third-order valence-corrected chi connectivity index (χ3v) is 4.03. The summed E-state index contributed by atoms with van der Waals surface area (Å²) in [5.41, 5.74) is 1.80. The number of likely N-dealkylation sites (N-methyl/N-ethyl adjacent to an activating group) is 2. The molecule has 1 fully saturated rings. The van der Waals surface area contributed by atoms with E-state index in [1.807, 2.05) is 24.4 Å². The van der Waals surface area contributed by atoms with Gasteiger partial charge in [-0.1, -0.05) is 6.07 Å². The number of hydrogen-bond acceptors (Lipinski definition) is 4. The van der Waals surface area contributed by atoms with Crippen LogP contribution in [0.15, 0.2) is 30.6 Å². The maximum Gasteiger partial charge on any atom is 0.326 e. The normalized spacial score (nSPS) is 18.1. The van der Waals surface area contributed by atoms with E-state index in [0.717, 1.165) is 16.0 Å². The van der Waals surface area contributed by atoms with Crippen molar-refractivity contribution in [1.29, 1.82) is 0 Å². The summed E-state index contributed by atoms with van der Waals surface area (Å²) < 4.78 is 1.73. The fourth-order valence-corrected chi connectivity index (χ4v) is 2.64. The van der Waals surface area contributed by atoms with E-state index in [2.05, 4.69) is 10.4 Å². The Morgan fingerprint density at radius 1 is 1.30 bits per heavy atom. The molecule has 1 atom stereocenters. The molecule has 1 saturated heterocycles. The molecule has 0 bridgehead atoms. The van der Waals surface area contributed by atoms with Crippen LogP contribution in [0.4, 0.5) is 4.79 Å². The Bertz CT molecular complexity index is 784. The van der Waals surface area contributed by atoms with Crippen molar-refractivity contribution in [2.75, 3.05) is 14.1 Å². The summed E-state index contributed by atoms with van der Waals surface area (Å²) in [5, 5.41) is 6.97. The Hall–Kier alpha value is -2.90. The van der Waals surface area contributed by atoms with E-state index in [1.165, 1.54) is 19.0 Å². The molecular weight excluding hydrogens is 298 g/mol. The van der Waals surface area contributed by atoms with Crippen LogP contribution in [0.2, 0.25) is 0 Å². The zero-order chi connectivity index (χ0) is 16.6. The van der Waals surface area contributed by atoms with Crippen LogP contribution in [0.25, 0.3) is 5.52 Å². The molecule has 2 aromatic rings. The molecular formula is C15H17N5O3. The Morgan fingerprint density at radius 2 is 2.09 bits per heavy atom. The van der Waals surface area contributed by atoms with Crippen molar-refractivity contribution in [2.24, 2.45) is 0 Å². The number of hydrogen-bond donors (Lipinski definition) is 1. The first-order valence-electron chi connectivity index (χ1n) is 7.21. The second-order valence-electron chi connectivity index (χ2n) is 5.49. The molecule has 1 aliphatic heterocycles. The summed E-state index contributed by atoms with van der Waals surface area (Å²) in [6.07, 6.45) is 3.47. The third kappa shape index (κ3) is 2.63. The smallest absolute Gasteiger partial charge is 0.326 e. The number of pyridine rings is 1. The van der Waals surface area contributed by atoms with Gasteiger partial charge in [0, 0.05) is 32.4 Å². The number of rotatable bonds is 4. The number of imide groups is 1. The predicted molar refractivity (Wildman–Crippen MR) is 81.4 cm³/mol. The summed E-state index contributed by atoms with van der Waals surface area (Å²) in [6, 6.07) is 4.55. The van der Waals surface area contributed by atoms with Gasteiger partial charge < -0.3 is 10.2 Å². The van der Waals surface area contributed by atoms with Crippen LogP contribution in [0.3, 0.4) is 0 Å². The van der Waals surface area contributed by atoms with Crippen molar-refractivity contribution >= 4 is 23.4 Å². The highest BCUT2D eigenvalue weighted by Crippen LogP contribution is 2.16. The number of nitrogens with one attached hydrogen (secondary N) is 1. The zero-order valence-corrected chi connectivity index (χ0v) is 12.9. The molecule has 3 heterocycles. The maximum absolute atomic E-state index is 12.1. The summed E-state index contributed by atoms with van der Waals surface area (Å²) in [5.74, 6) is -0.641. The maximum atomic E-state index is 12.1. The predicted octanol–water partition coefficient (Wildman–Crippen LogP) is 0.233. The minimum Gasteiger partial charge on any atom is -0.352 e. The molecule has 4 amide bonds. The molecule has 3 rings (SSSR count). The number of urea groups is 1. The molecule has 1 aliphatic rings. The van der Waals surface area contributed by atoms with Gasteiger partial charge in [0.15, 0.2) is 0 Å². The van der Waals surface area contributed by atoms with E-state index >= 15 is 0 Å². The van der Waals surface area contributed by atoms with Crippen molar-refractivity contribution in [3.63, 3.8) is 0 Å². The van der Waals surface area contributed by atoms with Gasteiger partial charge in [-0.05, 0) is 12.1 Å². The second kappa shape index (κ2) is 5.71. The Labute approximate surface area is 132 Å². The molecule has 2 aromatic heterocycles. The van der Waals surface area contributed by atoms with Crippen molar-refractivity contribution in [3.8, 4) is 0 Å². The first-order chi connectivity index (χ1) is 11.0. The molecule has 8 nitrogen and oxygen atoms in total. The fraction of sp³-hybridized carbons (Fsp3) is 0.333. The number of nitrogens with zero attached hydrogens (tertiary/aromatic N) is 4. The standard InChI is InChI=1S/C15H17N5O3/c1-18-12(14(22)19(2)15(18)23)7-13(21)16-8-10-9-17-20-6-4-3-5-11(10)20/h3-6,9,12H,7-8H2,1-2H3,(H,16,21)/t12-/m1/s1. The third-order valence-electron chi connectivity index (χ3n) is 4.03. The molecule has 0 aromatic carbocycles. The van der Waals surface area contributed by atoms with Gasteiger partial charge in [0.2, 0.25) is 5.91 Å². The molecule has 0 spiro atoms. The number of amides is 4. The summed E-state index contributed by atoms with van der Waals surface area (Å²) in [7, 11) is 2.94. The van der Waals surface area contributed by atoms with Crippen LogP contribution in [-0.2, 0) is 16.1 Å². The Morgan fingerprint density at radius 3 is 2.78 bits per heavy atom. The Balaban J connectivity index is 1.62. The van der Waals surface area contributed by atoms with Crippen molar-refractivity contribution in [2.45, 2.75) is 19.0 Å². The topological polar surface area (TPSA) is 87.0 Å². The van der Waals surface area contributed by atoms with Crippen molar-refractivity contribution < 1.29 is 14.4 Å². The van der Waals surface area contributed by atoms with E-state index in [4.69, 9.17) is 0 Å². The highest BCUT2D eigenvalue weighted by molar-refractivity contribution is 6.05. The lowest BCUT2D eigenvalue weighted by Crippen LogP contribution is -2.37. The van der Waals surface area contributed by atoms with Crippen molar-refractivity contribution in [3.05, 3.63) is 36.2 Å². The average Bonchev–Trinajstić information content (AvgIpc) is 3.04. The van der Waals surface area contributed by atoms with Gasteiger partial charge in [0.05, 0.1) is 18.1 Å². The minimum atomic E-state index is -0.739. The largest absolute Gasteiger partial charge is 0.352 e. The SMILES string of the molecule is CN1C(=O)[C@@H](CC(=O)NCc2cnn3ccccc23)N(C)C1=O. The van der Waals surface area contributed by atoms with Gasteiger partial charge in [-0.25, -0.2) is 9.31 Å².